The van der Waals surface area contributed by atoms with Crippen molar-refractivity contribution in [2.75, 3.05) is 0 Å². The van der Waals surface area contributed by atoms with E-state index in [1.807, 2.05) is 6.92 Å². The number of rotatable bonds is 6. The van der Waals surface area contributed by atoms with E-state index in [4.69, 9.17) is 5.41 Å². The molecule has 0 heterocycles. The predicted octanol–water partition coefficient (Wildman–Crippen LogP) is 4.00. The lowest BCUT2D eigenvalue weighted by molar-refractivity contribution is 0.399. The standard InChI is InChI=1S/C10H17F2N/c1-3-5-8(7-13)6-9(4-2)10(11)12/h7-8,13H,3-6H2,1-2H3. The Labute approximate surface area is 78.4 Å². The third-order valence-corrected chi connectivity index (χ3v) is 2.10. The monoisotopic (exact) mass is 189 g/mol. The Hall–Kier alpha value is -0.730. The summed E-state index contributed by atoms with van der Waals surface area (Å²) in [5.41, 5.74) is 0.196. The average molecular weight is 189 g/mol. The molecule has 0 aliphatic carbocycles. The molecule has 1 unspecified atom stereocenters. The highest BCUT2D eigenvalue weighted by Crippen LogP contribution is 2.22. The van der Waals surface area contributed by atoms with Gasteiger partial charge >= 0.3 is 0 Å². The summed E-state index contributed by atoms with van der Waals surface area (Å²) in [5.74, 6) is -0.0125. The molecule has 1 nitrogen and oxygen atoms in total. The van der Waals surface area contributed by atoms with E-state index in [9.17, 15) is 8.78 Å². The first kappa shape index (κ1) is 12.3. The van der Waals surface area contributed by atoms with Crippen LogP contribution in [0.5, 0.6) is 0 Å². The molecule has 0 rings (SSSR count). The molecular formula is C10H17F2N. The van der Waals surface area contributed by atoms with Gasteiger partial charge in [0.1, 0.15) is 0 Å². The Kier molecular flexibility index (Phi) is 6.37. The fourth-order valence-electron chi connectivity index (χ4n) is 1.29. The molecule has 0 aromatic carbocycles. The lowest BCUT2D eigenvalue weighted by Crippen LogP contribution is -2.03. The van der Waals surface area contributed by atoms with E-state index in [0.29, 0.717) is 12.8 Å². The highest BCUT2D eigenvalue weighted by atomic mass is 19.3. The fraction of sp³-hybridized carbons (Fsp3) is 0.700. The normalized spacial score (nSPS) is 12.3. The van der Waals surface area contributed by atoms with Crippen molar-refractivity contribution >= 4 is 6.21 Å². The smallest absolute Gasteiger partial charge is 0.269 e. The minimum Gasteiger partial charge on any atom is -0.313 e. The van der Waals surface area contributed by atoms with Crippen molar-refractivity contribution in [1.29, 1.82) is 5.41 Å². The summed E-state index contributed by atoms with van der Waals surface area (Å²) in [7, 11) is 0. The van der Waals surface area contributed by atoms with E-state index in [1.54, 1.807) is 6.92 Å². The first-order valence-electron chi connectivity index (χ1n) is 4.69. The van der Waals surface area contributed by atoms with Crippen LogP contribution in [0.3, 0.4) is 0 Å². The van der Waals surface area contributed by atoms with E-state index in [-0.39, 0.29) is 11.5 Å². The topological polar surface area (TPSA) is 23.9 Å². The van der Waals surface area contributed by atoms with Gasteiger partial charge in [-0.1, -0.05) is 20.3 Å². The van der Waals surface area contributed by atoms with E-state index in [0.717, 1.165) is 12.8 Å². The minimum atomic E-state index is -1.56. The average Bonchev–Trinajstić information content (AvgIpc) is 2.11. The summed E-state index contributed by atoms with van der Waals surface area (Å²) in [5, 5.41) is 7.08. The van der Waals surface area contributed by atoms with E-state index < -0.39 is 6.08 Å². The first-order valence-corrected chi connectivity index (χ1v) is 4.69. The molecule has 0 aromatic rings. The largest absolute Gasteiger partial charge is 0.313 e. The lowest BCUT2D eigenvalue weighted by Gasteiger charge is -2.10. The first-order chi connectivity index (χ1) is 6.15. The molecule has 3 heteroatoms. The number of hydrogen-bond acceptors (Lipinski definition) is 1. The molecule has 0 fully saturated rings. The predicted molar refractivity (Wildman–Crippen MR) is 51.3 cm³/mol. The van der Waals surface area contributed by atoms with Gasteiger partial charge in [0, 0.05) is 0 Å². The maximum Gasteiger partial charge on any atom is 0.269 e. The zero-order valence-corrected chi connectivity index (χ0v) is 8.24. The van der Waals surface area contributed by atoms with E-state index in [1.165, 1.54) is 6.21 Å². The third-order valence-electron chi connectivity index (χ3n) is 2.10. The molecule has 13 heavy (non-hydrogen) atoms. The molecule has 0 spiro atoms. The van der Waals surface area contributed by atoms with Crippen LogP contribution in [0.15, 0.2) is 11.7 Å². The molecule has 0 aliphatic rings. The van der Waals surface area contributed by atoms with Crippen molar-refractivity contribution in [2.24, 2.45) is 5.92 Å². The second kappa shape index (κ2) is 6.75. The Bertz CT molecular complexity index is 183. The van der Waals surface area contributed by atoms with Gasteiger partial charge in [-0.2, -0.15) is 8.78 Å². The number of halogens is 2. The van der Waals surface area contributed by atoms with Crippen LogP contribution in [-0.2, 0) is 0 Å². The zero-order valence-electron chi connectivity index (χ0n) is 8.24. The van der Waals surface area contributed by atoms with Gasteiger partial charge in [-0.15, -0.1) is 0 Å². The van der Waals surface area contributed by atoms with Gasteiger partial charge in [-0.25, -0.2) is 0 Å². The summed E-state index contributed by atoms with van der Waals surface area (Å²) in [6.07, 6.45) is 2.20. The van der Waals surface area contributed by atoms with Crippen LogP contribution < -0.4 is 0 Å². The van der Waals surface area contributed by atoms with Gasteiger partial charge < -0.3 is 5.41 Å². The molecule has 0 amide bonds. The quantitative estimate of drug-likeness (QED) is 0.610. The second-order valence-electron chi connectivity index (χ2n) is 3.14. The molecule has 1 N–H and O–H groups in total. The van der Waals surface area contributed by atoms with Crippen LogP contribution >= 0.6 is 0 Å². The highest BCUT2D eigenvalue weighted by Gasteiger charge is 2.10. The van der Waals surface area contributed by atoms with Crippen molar-refractivity contribution < 1.29 is 8.78 Å². The summed E-state index contributed by atoms with van der Waals surface area (Å²) in [4.78, 5) is 0. The van der Waals surface area contributed by atoms with Gasteiger partial charge in [0.25, 0.3) is 6.08 Å². The van der Waals surface area contributed by atoms with Gasteiger partial charge in [-0.05, 0) is 37.0 Å². The van der Waals surface area contributed by atoms with Crippen LogP contribution in [0.2, 0.25) is 0 Å². The van der Waals surface area contributed by atoms with Crippen LogP contribution in [0.4, 0.5) is 8.78 Å². The molecule has 0 aliphatic heterocycles. The van der Waals surface area contributed by atoms with Crippen LogP contribution in [-0.4, -0.2) is 6.21 Å². The third kappa shape index (κ3) is 4.76. The molecule has 0 saturated carbocycles. The number of hydrogen-bond donors (Lipinski definition) is 1. The van der Waals surface area contributed by atoms with Crippen molar-refractivity contribution in [3.05, 3.63) is 11.7 Å². The SMILES string of the molecule is CCCC(C=N)CC(CC)=C(F)F. The van der Waals surface area contributed by atoms with Gasteiger partial charge in [0.05, 0.1) is 0 Å². The highest BCUT2D eigenvalue weighted by molar-refractivity contribution is 5.57. The maximum absolute atomic E-state index is 12.2. The lowest BCUT2D eigenvalue weighted by atomic mass is 9.95. The molecule has 0 bridgehead atoms. The summed E-state index contributed by atoms with van der Waals surface area (Å²) < 4.78 is 24.5. The second-order valence-corrected chi connectivity index (χ2v) is 3.14. The van der Waals surface area contributed by atoms with Crippen LogP contribution in [0, 0.1) is 11.3 Å². The Balaban J connectivity index is 4.20. The minimum absolute atomic E-state index is 0.0125. The molecule has 76 valence electrons. The summed E-state index contributed by atoms with van der Waals surface area (Å²) >= 11 is 0. The zero-order chi connectivity index (χ0) is 10.3. The van der Waals surface area contributed by atoms with Crippen LogP contribution in [0.25, 0.3) is 0 Å². The van der Waals surface area contributed by atoms with Gasteiger partial charge in [0.2, 0.25) is 0 Å². The number of nitrogens with one attached hydrogen (secondary N) is 1. The van der Waals surface area contributed by atoms with Gasteiger partial charge in [0.15, 0.2) is 0 Å². The summed E-state index contributed by atoms with van der Waals surface area (Å²) in [6, 6.07) is 0. The fourth-order valence-corrected chi connectivity index (χ4v) is 1.29. The van der Waals surface area contributed by atoms with Crippen molar-refractivity contribution in [2.45, 2.75) is 39.5 Å². The van der Waals surface area contributed by atoms with Gasteiger partial charge in [-0.3, -0.25) is 0 Å². The Morgan fingerprint density at radius 3 is 2.31 bits per heavy atom. The molecule has 0 saturated heterocycles. The maximum atomic E-state index is 12.2. The van der Waals surface area contributed by atoms with Crippen LogP contribution in [0.1, 0.15) is 39.5 Å². The van der Waals surface area contributed by atoms with Crippen molar-refractivity contribution in [1.82, 2.24) is 0 Å². The molecule has 0 radical (unpaired) electrons. The van der Waals surface area contributed by atoms with E-state index in [2.05, 4.69) is 0 Å². The molecule has 0 aromatic heterocycles. The Morgan fingerprint density at radius 1 is 1.38 bits per heavy atom. The summed E-state index contributed by atoms with van der Waals surface area (Å²) in [6.45, 7) is 3.72. The number of allylic oxidation sites excluding steroid dienone is 1. The molecule has 1 atom stereocenters. The van der Waals surface area contributed by atoms with Crippen molar-refractivity contribution in [3.63, 3.8) is 0 Å². The van der Waals surface area contributed by atoms with Crippen molar-refractivity contribution in [3.8, 4) is 0 Å². The molecular weight excluding hydrogens is 172 g/mol. The van der Waals surface area contributed by atoms with E-state index >= 15 is 0 Å². The Morgan fingerprint density at radius 2 is 2.00 bits per heavy atom.